The highest BCUT2D eigenvalue weighted by atomic mass is 32.2. The maximum absolute atomic E-state index is 12.6. The standard InChI is InChI=1S/C21H29NO2S/c1-14(21-11-16-7-17(12-21)9-18(8-16)13-21)22-20(23)10-15-3-5-19(6-4-15)25(2)24/h3-6,14,16-18H,7-13H2,1-2H3,(H,22,23)/t14-,16?,17?,18?,21?,25-/m1/s1. The molecule has 0 saturated heterocycles. The number of hydrogen-bond acceptors (Lipinski definition) is 2. The highest BCUT2D eigenvalue weighted by Gasteiger charge is 2.53. The van der Waals surface area contributed by atoms with Crippen LogP contribution in [0.25, 0.3) is 0 Å². The average Bonchev–Trinajstić information content (AvgIpc) is 2.54. The summed E-state index contributed by atoms with van der Waals surface area (Å²) in [5.74, 6) is 2.85. The van der Waals surface area contributed by atoms with Gasteiger partial charge in [0.1, 0.15) is 0 Å². The Hall–Kier alpha value is -1.16. The molecule has 0 radical (unpaired) electrons. The van der Waals surface area contributed by atoms with Gasteiger partial charge in [0.25, 0.3) is 0 Å². The molecule has 1 amide bonds. The fraction of sp³-hybridized carbons (Fsp3) is 0.667. The summed E-state index contributed by atoms with van der Waals surface area (Å²) in [7, 11) is -0.966. The van der Waals surface area contributed by atoms with Crippen molar-refractivity contribution in [2.24, 2.45) is 23.2 Å². The van der Waals surface area contributed by atoms with E-state index in [2.05, 4.69) is 12.2 Å². The van der Waals surface area contributed by atoms with Gasteiger partial charge in [-0.15, -0.1) is 0 Å². The van der Waals surface area contributed by atoms with Gasteiger partial charge >= 0.3 is 0 Å². The van der Waals surface area contributed by atoms with Crippen molar-refractivity contribution < 1.29 is 9.00 Å². The van der Waals surface area contributed by atoms with Crippen molar-refractivity contribution in [3.8, 4) is 0 Å². The first-order valence-corrected chi connectivity index (χ1v) is 11.2. The third-order valence-corrected chi connectivity index (χ3v) is 7.94. The van der Waals surface area contributed by atoms with Crippen LogP contribution in [0.3, 0.4) is 0 Å². The largest absolute Gasteiger partial charge is 0.353 e. The van der Waals surface area contributed by atoms with E-state index < -0.39 is 10.8 Å². The van der Waals surface area contributed by atoms with Gasteiger partial charge in [-0.25, -0.2) is 0 Å². The summed E-state index contributed by atoms with van der Waals surface area (Å²) in [5, 5.41) is 3.32. The predicted molar refractivity (Wildman–Crippen MR) is 101 cm³/mol. The van der Waals surface area contributed by atoms with Crippen molar-refractivity contribution in [1.82, 2.24) is 5.32 Å². The quantitative estimate of drug-likeness (QED) is 0.871. The Balaban J connectivity index is 1.38. The lowest BCUT2D eigenvalue weighted by molar-refractivity contribution is -0.125. The smallest absolute Gasteiger partial charge is 0.224 e. The first-order chi connectivity index (χ1) is 11.9. The van der Waals surface area contributed by atoms with Gasteiger partial charge in [-0.3, -0.25) is 9.00 Å². The van der Waals surface area contributed by atoms with E-state index in [1.165, 1.54) is 38.5 Å². The molecule has 4 saturated carbocycles. The van der Waals surface area contributed by atoms with Gasteiger partial charge in [0.2, 0.25) is 5.91 Å². The Morgan fingerprint density at radius 3 is 2.12 bits per heavy atom. The lowest BCUT2D eigenvalue weighted by Crippen LogP contribution is -2.56. The first-order valence-electron chi connectivity index (χ1n) is 9.65. The summed E-state index contributed by atoms with van der Waals surface area (Å²) in [6, 6.07) is 7.84. The van der Waals surface area contributed by atoms with Crippen molar-refractivity contribution >= 4 is 16.7 Å². The van der Waals surface area contributed by atoms with Crippen LogP contribution in [0.5, 0.6) is 0 Å². The van der Waals surface area contributed by atoms with E-state index in [0.29, 0.717) is 11.8 Å². The van der Waals surface area contributed by atoms with Gasteiger partial charge in [-0.1, -0.05) is 12.1 Å². The van der Waals surface area contributed by atoms with Crippen LogP contribution in [0.1, 0.15) is 51.0 Å². The minimum atomic E-state index is -0.966. The van der Waals surface area contributed by atoms with Crippen LogP contribution < -0.4 is 5.32 Å². The molecule has 4 fully saturated rings. The highest BCUT2D eigenvalue weighted by molar-refractivity contribution is 7.84. The van der Waals surface area contributed by atoms with Crippen molar-refractivity contribution in [3.63, 3.8) is 0 Å². The third-order valence-electron chi connectivity index (χ3n) is 7.00. The molecule has 1 N–H and O–H groups in total. The fourth-order valence-electron chi connectivity index (χ4n) is 6.14. The zero-order chi connectivity index (χ0) is 17.6. The van der Waals surface area contributed by atoms with Gasteiger partial charge in [0.05, 0.1) is 6.42 Å². The second kappa shape index (κ2) is 6.53. The lowest BCUT2D eigenvalue weighted by atomic mass is 9.48. The molecule has 4 bridgehead atoms. The zero-order valence-electron chi connectivity index (χ0n) is 15.3. The van der Waals surface area contributed by atoms with E-state index in [1.807, 2.05) is 24.3 Å². The normalized spacial score (nSPS) is 35.4. The molecule has 5 rings (SSSR count). The highest BCUT2D eigenvalue weighted by Crippen LogP contribution is 2.61. The predicted octanol–water partition coefficient (Wildman–Crippen LogP) is 3.69. The molecule has 1 aromatic rings. The summed E-state index contributed by atoms with van der Waals surface area (Å²) < 4.78 is 11.5. The summed E-state index contributed by atoms with van der Waals surface area (Å²) in [4.78, 5) is 13.4. The fourth-order valence-corrected chi connectivity index (χ4v) is 6.66. The average molecular weight is 360 g/mol. The molecule has 0 aliphatic heterocycles. The number of amides is 1. The molecule has 0 spiro atoms. The third kappa shape index (κ3) is 3.42. The monoisotopic (exact) mass is 359 g/mol. The topological polar surface area (TPSA) is 46.2 Å². The SMILES string of the molecule is C[C@@H](NC(=O)Cc1ccc([S@@](C)=O)cc1)C12CC3CC(CC(C3)C1)C2. The van der Waals surface area contributed by atoms with Gasteiger partial charge in [-0.2, -0.15) is 0 Å². The molecule has 0 heterocycles. The second-order valence-corrected chi connectivity index (χ2v) is 10.2. The van der Waals surface area contributed by atoms with Gasteiger partial charge in [0, 0.05) is 28.0 Å². The number of nitrogens with one attached hydrogen (secondary N) is 1. The molecule has 2 atom stereocenters. The van der Waals surface area contributed by atoms with E-state index in [9.17, 15) is 9.00 Å². The zero-order valence-corrected chi connectivity index (χ0v) is 16.1. The molecular weight excluding hydrogens is 330 g/mol. The molecule has 3 nitrogen and oxygen atoms in total. The first kappa shape index (κ1) is 17.3. The number of carbonyl (C=O) groups is 1. The molecule has 4 heteroatoms. The Morgan fingerprint density at radius 2 is 1.64 bits per heavy atom. The Labute approximate surface area is 153 Å². The number of rotatable bonds is 5. The molecule has 1 aromatic carbocycles. The van der Waals surface area contributed by atoms with Crippen LogP contribution in [-0.2, 0) is 22.0 Å². The summed E-state index contributed by atoms with van der Waals surface area (Å²) in [6.45, 7) is 2.23. The molecule has 4 aliphatic carbocycles. The van der Waals surface area contributed by atoms with Crippen LogP contribution in [-0.4, -0.2) is 22.4 Å². The van der Waals surface area contributed by atoms with Crippen molar-refractivity contribution in [3.05, 3.63) is 29.8 Å². The van der Waals surface area contributed by atoms with Crippen LogP contribution >= 0.6 is 0 Å². The van der Waals surface area contributed by atoms with Crippen LogP contribution in [0, 0.1) is 23.2 Å². The molecule has 4 aliphatic rings. The minimum absolute atomic E-state index is 0.119. The van der Waals surface area contributed by atoms with Crippen molar-refractivity contribution in [2.75, 3.05) is 6.26 Å². The number of carbonyl (C=O) groups excluding carboxylic acids is 1. The van der Waals surface area contributed by atoms with Crippen LogP contribution in [0.2, 0.25) is 0 Å². The van der Waals surface area contributed by atoms with Crippen molar-refractivity contribution in [2.45, 2.75) is 62.8 Å². The Kier molecular flexibility index (Phi) is 4.51. The van der Waals surface area contributed by atoms with Gasteiger partial charge in [0.15, 0.2) is 0 Å². The molecule has 0 unspecified atom stereocenters. The number of benzene rings is 1. The van der Waals surface area contributed by atoms with Gasteiger partial charge in [-0.05, 0) is 86.3 Å². The molecule has 0 aromatic heterocycles. The minimum Gasteiger partial charge on any atom is -0.353 e. The summed E-state index contributed by atoms with van der Waals surface area (Å²) in [5.41, 5.74) is 1.34. The number of hydrogen-bond donors (Lipinski definition) is 1. The van der Waals surface area contributed by atoms with E-state index >= 15 is 0 Å². The summed E-state index contributed by atoms with van der Waals surface area (Å²) >= 11 is 0. The van der Waals surface area contributed by atoms with Gasteiger partial charge < -0.3 is 5.32 Å². The van der Waals surface area contributed by atoms with E-state index in [0.717, 1.165) is 28.2 Å². The molecule has 136 valence electrons. The molecule has 25 heavy (non-hydrogen) atoms. The Bertz CT molecular complexity index is 646. The second-order valence-electron chi connectivity index (χ2n) is 8.84. The maximum atomic E-state index is 12.6. The van der Waals surface area contributed by atoms with E-state index in [-0.39, 0.29) is 11.9 Å². The summed E-state index contributed by atoms with van der Waals surface area (Å²) in [6.07, 6.45) is 10.3. The Morgan fingerprint density at radius 1 is 1.12 bits per heavy atom. The van der Waals surface area contributed by atoms with E-state index in [1.54, 1.807) is 6.26 Å². The maximum Gasteiger partial charge on any atom is 0.224 e. The molecular formula is C21H29NO2S. The lowest BCUT2D eigenvalue weighted by Gasteiger charge is -2.59. The van der Waals surface area contributed by atoms with E-state index in [4.69, 9.17) is 0 Å². The van der Waals surface area contributed by atoms with Crippen molar-refractivity contribution in [1.29, 1.82) is 0 Å². The van der Waals surface area contributed by atoms with Crippen LogP contribution in [0.4, 0.5) is 0 Å². The van der Waals surface area contributed by atoms with Crippen LogP contribution in [0.15, 0.2) is 29.2 Å².